The Hall–Kier alpha value is -7.11. The maximum absolute atomic E-state index is 6.18. The normalized spacial score (nSPS) is 11.5. The molecule has 0 spiro atoms. The molecule has 0 aliphatic carbocycles. The molecule has 0 atom stereocenters. The van der Waals surface area contributed by atoms with Crippen LogP contribution in [0.25, 0.3) is 72.6 Å². The van der Waals surface area contributed by atoms with E-state index in [4.69, 9.17) is 13.8 Å². The van der Waals surface area contributed by atoms with E-state index in [1.165, 1.54) is 0 Å². The third-order valence-corrected chi connectivity index (χ3v) is 9.67. The van der Waals surface area contributed by atoms with Gasteiger partial charge in [0.1, 0.15) is 28.3 Å². The second kappa shape index (κ2) is 12.3. The van der Waals surface area contributed by atoms with E-state index in [1.54, 1.807) is 0 Å². The van der Waals surface area contributed by atoms with Gasteiger partial charge >= 0.3 is 0 Å². The molecular weight excluding hydrogens is 639 g/mol. The Morgan fingerprint density at radius 3 is 1.37 bits per heavy atom. The second-order valence-electron chi connectivity index (χ2n) is 12.9. The van der Waals surface area contributed by atoms with E-state index < -0.39 is 0 Å². The molecule has 10 aromatic rings. The minimum absolute atomic E-state index is 0.853. The highest BCUT2D eigenvalue weighted by molar-refractivity contribution is 5.86. The molecule has 0 amide bonds. The molecule has 0 aliphatic heterocycles. The third-order valence-electron chi connectivity index (χ3n) is 9.67. The van der Waals surface area contributed by atoms with Crippen LogP contribution in [0.15, 0.2) is 197 Å². The highest BCUT2D eigenvalue weighted by Gasteiger charge is 2.16. The number of para-hydroxylation sites is 2. The molecule has 246 valence electrons. The molecule has 4 heterocycles. The number of imidazole rings is 1. The highest BCUT2D eigenvalue weighted by atomic mass is 16.3. The van der Waals surface area contributed by atoms with Gasteiger partial charge in [0, 0.05) is 56.9 Å². The summed E-state index contributed by atoms with van der Waals surface area (Å²) < 4.78 is 14.4. The summed E-state index contributed by atoms with van der Waals surface area (Å²) in [6.07, 6.45) is 4.09. The summed E-state index contributed by atoms with van der Waals surface area (Å²) in [4.78, 5) is 7.06. The molecule has 52 heavy (non-hydrogen) atoms. The van der Waals surface area contributed by atoms with Crippen LogP contribution in [0, 0.1) is 0 Å². The van der Waals surface area contributed by atoms with Crippen molar-refractivity contribution in [2.45, 2.75) is 0 Å². The fourth-order valence-electron chi connectivity index (χ4n) is 6.96. The molecule has 0 bridgehead atoms. The number of furan rings is 2. The molecule has 0 radical (unpaired) electrons. The molecule has 10 rings (SSSR count). The van der Waals surface area contributed by atoms with Gasteiger partial charge in [-0.05, 0) is 108 Å². The molecule has 5 heteroatoms. The topological polar surface area (TPSA) is 46.8 Å². The standard InChI is InChI=1S/C47H31N3O2/c1-3-9-43-37(7-1)29-45(51-43)35-18-24-40(25-19-35)50(41-26-20-36(21-27-41)46-30-38-8-2-4-10-44(38)52-46)39-22-16-33(17-23-39)32-12-14-34(15-13-32)42-31-49-28-6-5-11-47(49)48-42/h1-31H. The van der Waals surface area contributed by atoms with Gasteiger partial charge in [0.2, 0.25) is 0 Å². The fourth-order valence-corrected chi connectivity index (χ4v) is 6.96. The third kappa shape index (κ3) is 5.42. The first-order chi connectivity index (χ1) is 25.7. The van der Waals surface area contributed by atoms with E-state index in [2.05, 4.69) is 132 Å². The monoisotopic (exact) mass is 669 g/mol. The van der Waals surface area contributed by atoms with E-state index in [1.807, 2.05) is 65.2 Å². The number of rotatable bonds is 7. The van der Waals surface area contributed by atoms with Gasteiger partial charge in [-0.2, -0.15) is 0 Å². The van der Waals surface area contributed by atoms with Crippen molar-refractivity contribution in [3.63, 3.8) is 0 Å². The molecule has 5 nitrogen and oxygen atoms in total. The lowest BCUT2D eigenvalue weighted by Crippen LogP contribution is -2.09. The van der Waals surface area contributed by atoms with Crippen LogP contribution in [0.2, 0.25) is 0 Å². The zero-order valence-corrected chi connectivity index (χ0v) is 28.1. The zero-order valence-electron chi connectivity index (χ0n) is 28.1. The molecular formula is C47H31N3O2. The number of anilines is 3. The molecule has 0 N–H and O–H groups in total. The van der Waals surface area contributed by atoms with Crippen LogP contribution >= 0.6 is 0 Å². The van der Waals surface area contributed by atoms with Crippen molar-refractivity contribution in [2.75, 3.05) is 4.90 Å². The molecule has 6 aromatic carbocycles. The van der Waals surface area contributed by atoms with E-state index in [0.29, 0.717) is 0 Å². The average molecular weight is 670 g/mol. The van der Waals surface area contributed by atoms with Crippen LogP contribution in [0.5, 0.6) is 0 Å². The summed E-state index contributed by atoms with van der Waals surface area (Å²) in [5, 5.41) is 2.19. The predicted molar refractivity (Wildman–Crippen MR) is 211 cm³/mol. The Morgan fingerprint density at radius 2 is 0.865 bits per heavy atom. The second-order valence-corrected chi connectivity index (χ2v) is 12.9. The molecule has 0 unspecified atom stereocenters. The van der Waals surface area contributed by atoms with Gasteiger partial charge in [-0.15, -0.1) is 0 Å². The molecule has 0 aliphatic rings. The summed E-state index contributed by atoms with van der Waals surface area (Å²) in [6, 6.07) is 61.0. The quantitative estimate of drug-likeness (QED) is 0.169. The van der Waals surface area contributed by atoms with Crippen LogP contribution in [0.1, 0.15) is 0 Å². The SMILES string of the molecule is c1ccc2oc(-c3ccc(N(c4ccc(-c5ccc(-c6cn7ccccc7n6)cc5)cc4)c4ccc(-c5cc6ccccc6o5)cc4)cc3)cc2c1. The number of aromatic nitrogens is 2. The van der Waals surface area contributed by atoms with Gasteiger partial charge in [-0.3, -0.25) is 0 Å². The minimum Gasteiger partial charge on any atom is -0.456 e. The number of hydrogen-bond acceptors (Lipinski definition) is 4. The first-order valence-electron chi connectivity index (χ1n) is 17.3. The zero-order chi connectivity index (χ0) is 34.4. The Balaban J connectivity index is 0.980. The molecule has 0 saturated carbocycles. The maximum atomic E-state index is 6.18. The van der Waals surface area contributed by atoms with Crippen molar-refractivity contribution in [3.8, 4) is 45.0 Å². The Kier molecular flexibility index (Phi) is 7.07. The van der Waals surface area contributed by atoms with Gasteiger partial charge in [0.25, 0.3) is 0 Å². The van der Waals surface area contributed by atoms with E-state index in [9.17, 15) is 0 Å². The molecule has 0 saturated heterocycles. The summed E-state index contributed by atoms with van der Waals surface area (Å²) in [7, 11) is 0. The molecule has 0 fully saturated rings. The van der Waals surface area contributed by atoms with Gasteiger partial charge in [0.05, 0.1) is 5.69 Å². The van der Waals surface area contributed by atoms with Gasteiger partial charge in [-0.25, -0.2) is 4.98 Å². The van der Waals surface area contributed by atoms with Crippen molar-refractivity contribution in [1.29, 1.82) is 0 Å². The number of hydrogen-bond donors (Lipinski definition) is 0. The van der Waals surface area contributed by atoms with Crippen LogP contribution < -0.4 is 4.90 Å². The highest BCUT2D eigenvalue weighted by Crippen LogP contribution is 2.39. The lowest BCUT2D eigenvalue weighted by molar-refractivity contribution is 0.631. The summed E-state index contributed by atoms with van der Waals surface area (Å²) >= 11 is 0. The lowest BCUT2D eigenvalue weighted by atomic mass is 10.0. The Morgan fingerprint density at radius 1 is 0.423 bits per heavy atom. The predicted octanol–water partition coefficient (Wildman–Crippen LogP) is 13.0. The van der Waals surface area contributed by atoms with Crippen LogP contribution in [0.4, 0.5) is 17.1 Å². The molecule has 4 aromatic heterocycles. The first kappa shape index (κ1) is 29.8. The van der Waals surface area contributed by atoms with Gasteiger partial charge < -0.3 is 18.1 Å². The van der Waals surface area contributed by atoms with Crippen molar-refractivity contribution in [3.05, 3.63) is 188 Å². The Labute approximate surface area is 300 Å². The van der Waals surface area contributed by atoms with Crippen molar-refractivity contribution >= 4 is 44.6 Å². The van der Waals surface area contributed by atoms with Crippen LogP contribution in [-0.4, -0.2) is 9.38 Å². The lowest BCUT2D eigenvalue weighted by Gasteiger charge is -2.26. The summed E-state index contributed by atoms with van der Waals surface area (Å²) in [6.45, 7) is 0. The summed E-state index contributed by atoms with van der Waals surface area (Å²) in [5.74, 6) is 1.71. The fraction of sp³-hybridized carbons (Fsp3) is 0. The van der Waals surface area contributed by atoms with Gasteiger partial charge in [-0.1, -0.05) is 78.9 Å². The number of benzene rings is 6. The smallest absolute Gasteiger partial charge is 0.137 e. The largest absolute Gasteiger partial charge is 0.456 e. The van der Waals surface area contributed by atoms with Crippen LogP contribution in [-0.2, 0) is 0 Å². The van der Waals surface area contributed by atoms with Crippen molar-refractivity contribution in [1.82, 2.24) is 9.38 Å². The van der Waals surface area contributed by atoms with E-state index in [-0.39, 0.29) is 0 Å². The van der Waals surface area contributed by atoms with Crippen molar-refractivity contribution < 1.29 is 8.83 Å². The number of pyridine rings is 1. The maximum Gasteiger partial charge on any atom is 0.137 e. The Bertz CT molecular complexity index is 2610. The first-order valence-corrected chi connectivity index (χ1v) is 17.3. The van der Waals surface area contributed by atoms with E-state index in [0.717, 1.165) is 89.7 Å². The summed E-state index contributed by atoms with van der Waals surface area (Å²) in [5.41, 5.74) is 12.3. The van der Waals surface area contributed by atoms with Crippen molar-refractivity contribution in [2.24, 2.45) is 0 Å². The van der Waals surface area contributed by atoms with E-state index >= 15 is 0 Å². The average Bonchev–Trinajstić information content (AvgIpc) is 3.96. The minimum atomic E-state index is 0.853. The van der Waals surface area contributed by atoms with Gasteiger partial charge in [0.15, 0.2) is 0 Å². The number of nitrogens with zero attached hydrogens (tertiary/aromatic N) is 3. The van der Waals surface area contributed by atoms with Crippen LogP contribution in [0.3, 0.4) is 0 Å². The number of fused-ring (bicyclic) bond motifs is 3.